The summed E-state index contributed by atoms with van der Waals surface area (Å²) in [6.45, 7) is 4.75. The molecule has 0 atom stereocenters. The van der Waals surface area contributed by atoms with Crippen molar-refractivity contribution < 1.29 is 9.47 Å². The molecule has 4 nitrogen and oxygen atoms in total. The van der Waals surface area contributed by atoms with Gasteiger partial charge in [0.25, 0.3) is 0 Å². The smallest absolute Gasteiger partial charge is 0.187 e. The number of nitrogens with zero attached hydrogens (tertiary/aromatic N) is 1. The van der Waals surface area contributed by atoms with Crippen LogP contribution in [0, 0.1) is 6.92 Å². The molecule has 0 unspecified atom stereocenters. The number of thiazole rings is 1. The standard InChI is InChI=1S/C21H22N2O2S/c1-4-25-16-8-6-15(7-9-16)22-21-23-20-17-11-13(2)18(24-3)12-14(17)5-10-19(20)26-21/h6-9,11-12H,4-5,10H2,1-3H3,(H,22,23). The van der Waals surface area contributed by atoms with Crippen LogP contribution in [0.3, 0.4) is 0 Å². The molecule has 1 aliphatic carbocycles. The largest absolute Gasteiger partial charge is 0.496 e. The summed E-state index contributed by atoms with van der Waals surface area (Å²) in [5.74, 6) is 1.84. The van der Waals surface area contributed by atoms with Crippen molar-refractivity contribution >= 4 is 22.2 Å². The molecule has 5 heteroatoms. The highest BCUT2D eigenvalue weighted by Crippen LogP contribution is 2.41. The quantitative estimate of drug-likeness (QED) is 0.659. The van der Waals surface area contributed by atoms with Crippen LogP contribution in [0.2, 0.25) is 0 Å². The predicted octanol–water partition coefficient (Wildman–Crippen LogP) is 5.37. The Hall–Kier alpha value is -2.53. The average Bonchev–Trinajstić information content (AvgIpc) is 3.06. The first-order valence-electron chi connectivity index (χ1n) is 8.85. The summed E-state index contributed by atoms with van der Waals surface area (Å²) < 4.78 is 11.0. The minimum Gasteiger partial charge on any atom is -0.496 e. The number of anilines is 2. The van der Waals surface area contributed by atoms with Crippen molar-refractivity contribution in [2.45, 2.75) is 26.7 Å². The number of ether oxygens (including phenoxy) is 2. The molecule has 1 N–H and O–H groups in total. The van der Waals surface area contributed by atoms with Crippen molar-refractivity contribution in [3.63, 3.8) is 0 Å². The zero-order chi connectivity index (χ0) is 18.1. The van der Waals surface area contributed by atoms with E-state index in [0.717, 1.165) is 46.4 Å². The molecule has 1 aliphatic rings. The number of hydrogen-bond acceptors (Lipinski definition) is 5. The Labute approximate surface area is 157 Å². The second kappa shape index (κ2) is 7.00. The number of fused-ring (bicyclic) bond motifs is 3. The number of aromatic nitrogens is 1. The van der Waals surface area contributed by atoms with Gasteiger partial charge in [-0.1, -0.05) is 0 Å². The van der Waals surface area contributed by atoms with Crippen LogP contribution >= 0.6 is 11.3 Å². The van der Waals surface area contributed by atoms with Gasteiger partial charge in [0.15, 0.2) is 5.13 Å². The van der Waals surface area contributed by atoms with Crippen molar-refractivity contribution in [3.05, 3.63) is 52.4 Å². The van der Waals surface area contributed by atoms with E-state index in [-0.39, 0.29) is 0 Å². The Morgan fingerprint density at radius 1 is 1.15 bits per heavy atom. The molecule has 2 aromatic carbocycles. The normalized spacial score (nSPS) is 12.3. The first-order chi connectivity index (χ1) is 12.7. The highest BCUT2D eigenvalue weighted by molar-refractivity contribution is 7.16. The van der Waals surface area contributed by atoms with Crippen LogP contribution in [0.1, 0.15) is 22.9 Å². The van der Waals surface area contributed by atoms with Gasteiger partial charge in [-0.25, -0.2) is 4.98 Å². The SMILES string of the molecule is CCOc1ccc(Nc2nc3c(s2)CCc2cc(OC)c(C)cc2-3)cc1. The van der Waals surface area contributed by atoms with Gasteiger partial charge >= 0.3 is 0 Å². The molecule has 0 spiro atoms. The van der Waals surface area contributed by atoms with E-state index >= 15 is 0 Å². The van der Waals surface area contributed by atoms with Crippen LogP contribution in [-0.4, -0.2) is 18.7 Å². The minimum absolute atomic E-state index is 0.676. The number of nitrogens with one attached hydrogen (secondary N) is 1. The van der Waals surface area contributed by atoms with E-state index in [0.29, 0.717) is 6.61 Å². The molecule has 0 saturated heterocycles. The lowest BCUT2D eigenvalue weighted by molar-refractivity contribution is 0.340. The summed E-state index contributed by atoms with van der Waals surface area (Å²) in [7, 11) is 1.73. The molecule has 0 fully saturated rings. The third kappa shape index (κ3) is 3.15. The Morgan fingerprint density at radius 2 is 1.96 bits per heavy atom. The van der Waals surface area contributed by atoms with Crippen LogP contribution in [0.25, 0.3) is 11.3 Å². The third-order valence-electron chi connectivity index (χ3n) is 4.61. The van der Waals surface area contributed by atoms with Gasteiger partial charge in [-0.15, -0.1) is 11.3 Å². The monoisotopic (exact) mass is 366 g/mol. The van der Waals surface area contributed by atoms with E-state index in [4.69, 9.17) is 14.5 Å². The molecule has 0 amide bonds. The average molecular weight is 366 g/mol. The summed E-state index contributed by atoms with van der Waals surface area (Å²) in [6.07, 6.45) is 2.06. The van der Waals surface area contributed by atoms with Crippen LogP contribution < -0.4 is 14.8 Å². The first-order valence-corrected chi connectivity index (χ1v) is 9.67. The minimum atomic E-state index is 0.676. The van der Waals surface area contributed by atoms with Crippen molar-refractivity contribution in [3.8, 4) is 22.8 Å². The number of methoxy groups -OCH3 is 1. The lowest BCUT2D eigenvalue weighted by Gasteiger charge is -2.17. The molecule has 4 rings (SSSR count). The van der Waals surface area contributed by atoms with Gasteiger partial charge in [0.1, 0.15) is 11.5 Å². The fraction of sp³-hybridized carbons (Fsp3) is 0.286. The van der Waals surface area contributed by atoms with Gasteiger partial charge in [0.2, 0.25) is 0 Å². The molecular formula is C21H22N2O2S. The maximum atomic E-state index is 5.50. The third-order valence-corrected chi connectivity index (χ3v) is 5.64. The molecule has 0 aliphatic heterocycles. The Morgan fingerprint density at radius 3 is 2.69 bits per heavy atom. The number of aryl methyl sites for hydroxylation is 3. The van der Waals surface area contributed by atoms with Gasteiger partial charge in [-0.05, 0) is 74.2 Å². The molecule has 0 radical (unpaired) electrons. The second-order valence-corrected chi connectivity index (χ2v) is 7.44. The molecule has 0 bridgehead atoms. The summed E-state index contributed by atoms with van der Waals surface area (Å²) in [4.78, 5) is 6.22. The topological polar surface area (TPSA) is 43.4 Å². The van der Waals surface area contributed by atoms with Crippen LogP contribution in [0.15, 0.2) is 36.4 Å². The van der Waals surface area contributed by atoms with Crippen molar-refractivity contribution in [2.24, 2.45) is 0 Å². The summed E-state index contributed by atoms with van der Waals surface area (Å²) in [5.41, 5.74) is 5.83. The van der Waals surface area contributed by atoms with E-state index in [1.54, 1.807) is 18.4 Å². The molecular weight excluding hydrogens is 344 g/mol. The molecule has 26 heavy (non-hydrogen) atoms. The predicted molar refractivity (Wildman–Crippen MR) is 107 cm³/mol. The van der Waals surface area contributed by atoms with Gasteiger partial charge < -0.3 is 14.8 Å². The van der Waals surface area contributed by atoms with Crippen molar-refractivity contribution in [1.29, 1.82) is 0 Å². The number of benzene rings is 2. The van der Waals surface area contributed by atoms with E-state index in [9.17, 15) is 0 Å². The van der Waals surface area contributed by atoms with E-state index in [1.807, 2.05) is 31.2 Å². The van der Waals surface area contributed by atoms with Crippen LogP contribution in [-0.2, 0) is 12.8 Å². The van der Waals surface area contributed by atoms with Crippen molar-refractivity contribution in [1.82, 2.24) is 4.98 Å². The second-order valence-electron chi connectivity index (χ2n) is 6.35. The fourth-order valence-electron chi connectivity index (χ4n) is 3.34. The summed E-state index contributed by atoms with van der Waals surface area (Å²) in [6, 6.07) is 12.4. The fourth-order valence-corrected chi connectivity index (χ4v) is 4.33. The maximum absolute atomic E-state index is 5.50. The zero-order valence-electron chi connectivity index (χ0n) is 15.3. The van der Waals surface area contributed by atoms with Crippen LogP contribution in [0.5, 0.6) is 11.5 Å². The van der Waals surface area contributed by atoms with Crippen LogP contribution in [0.4, 0.5) is 10.8 Å². The Kier molecular flexibility index (Phi) is 4.55. The highest BCUT2D eigenvalue weighted by atomic mass is 32.1. The number of rotatable bonds is 5. The molecule has 3 aromatic rings. The maximum Gasteiger partial charge on any atom is 0.187 e. The van der Waals surface area contributed by atoms with Gasteiger partial charge in [-0.2, -0.15) is 0 Å². The summed E-state index contributed by atoms with van der Waals surface area (Å²) >= 11 is 1.74. The van der Waals surface area contributed by atoms with Gasteiger partial charge in [0.05, 0.1) is 19.4 Å². The van der Waals surface area contributed by atoms with E-state index < -0.39 is 0 Å². The molecule has 0 saturated carbocycles. The lowest BCUT2D eigenvalue weighted by atomic mass is 9.91. The van der Waals surface area contributed by atoms with Crippen molar-refractivity contribution in [2.75, 3.05) is 19.0 Å². The first kappa shape index (κ1) is 16.9. The highest BCUT2D eigenvalue weighted by Gasteiger charge is 2.22. The number of hydrogen-bond donors (Lipinski definition) is 1. The molecule has 134 valence electrons. The summed E-state index contributed by atoms with van der Waals surface area (Å²) in [5, 5.41) is 4.36. The van der Waals surface area contributed by atoms with E-state index in [1.165, 1.54) is 16.0 Å². The van der Waals surface area contributed by atoms with Gasteiger partial charge in [-0.3, -0.25) is 0 Å². The van der Waals surface area contributed by atoms with Gasteiger partial charge in [0, 0.05) is 16.1 Å². The lowest BCUT2D eigenvalue weighted by Crippen LogP contribution is -2.03. The Balaban J connectivity index is 1.61. The Bertz CT molecular complexity index is 932. The zero-order valence-corrected chi connectivity index (χ0v) is 16.1. The van der Waals surface area contributed by atoms with E-state index in [2.05, 4.69) is 24.4 Å². The molecule has 1 aromatic heterocycles. The molecule has 1 heterocycles.